The minimum absolute atomic E-state index is 0.107. The van der Waals surface area contributed by atoms with E-state index in [2.05, 4.69) is 32.7 Å². The molecule has 1 aromatic rings. The minimum Gasteiger partial charge on any atom is -0.352 e. The van der Waals surface area contributed by atoms with Gasteiger partial charge in [-0.3, -0.25) is 14.8 Å². The molecule has 1 aliphatic heterocycles. The summed E-state index contributed by atoms with van der Waals surface area (Å²) in [7, 11) is 0. The summed E-state index contributed by atoms with van der Waals surface area (Å²) < 4.78 is 0. The van der Waals surface area contributed by atoms with Crippen molar-refractivity contribution in [3.63, 3.8) is 0 Å². The number of nitrogens with one attached hydrogen (secondary N) is 3. The van der Waals surface area contributed by atoms with E-state index in [1.807, 2.05) is 0 Å². The van der Waals surface area contributed by atoms with Crippen LogP contribution in [0.3, 0.4) is 0 Å². The number of aromatic amines is 1. The summed E-state index contributed by atoms with van der Waals surface area (Å²) in [6, 6.07) is 0.208. The summed E-state index contributed by atoms with van der Waals surface area (Å²) in [5.74, 6) is 0.812. The number of amides is 3. The van der Waals surface area contributed by atoms with E-state index in [0.717, 1.165) is 12.8 Å². The molecule has 0 aromatic carbocycles. The summed E-state index contributed by atoms with van der Waals surface area (Å²) in [6.45, 7) is 5.35. The molecule has 3 rings (SSSR count). The molecule has 25 heavy (non-hydrogen) atoms. The molecule has 0 spiro atoms. The smallest absolute Gasteiger partial charge is 0.322 e. The molecule has 3 N–H and O–H groups in total. The van der Waals surface area contributed by atoms with Gasteiger partial charge in [0.2, 0.25) is 5.91 Å². The number of nitrogens with zero attached hydrogens (tertiary/aromatic N) is 3. The third kappa shape index (κ3) is 5.19. The van der Waals surface area contributed by atoms with Crippen molar-refractivity contribution in [2.75, 3.05) is 38.0 Å². The van der Waals surface area contributed by atoms with Gasteiger partial charge in [-0.05, 0) is 18.8 Å². The number of H-pyrrole nitrogens is 1. The summed E-state index contributed by atoms with van der Waals surface area (Å²) >= 11 is 0. The van der Waals surface area contributed by atoms with Gasteiger partial charge in [0.15, 0.2) is 0 Å². The highest BCUT2D eigenvalue weighted by molar-refractivity contribution is 5.89. The molecule has 0 bridgehead atoms. The molecule has 2 atom stereocenters. The lowest BCUT2D eigenvalue weighted by molar-refractivity contribution is -0.123. The third-order valence-electron chi connectivity index (χ3n) is 5.08. The fourth-order valence-electron chi connectivity index (χ4n) is 3.67. The first-order chi connectivity index (χ1) is 12.1. The number of rotatable bonds is 4. The Hall–Kier alpha value is -2.09. The maximum atomic E-state index is 12.3. The van der Waals surface area contributed by atoms with Crippen LogP contribution in [0.25, 0.3) is 0 Å². The van der Waals surface area contributed by atoms with Crippen LogP contribution in [0.2, 0.25) is 0 Å². The predicted octanol–water partition coefficient (Wildman–Crippen LogP) is 1.25. The van der Waals surface area contributed by atoms with E-state index in [1.54, 1.807) is 17.3 Å². The SMILES string of the molecule is C[C@@H]1CCC[C@H](NC(=O)CN2CCN(C(=O)Nc3cn[nH]c3)CC2)C1. The molecule has 0 radical (unpaired) electrons. The second-order valence-corrected chi connectivity index (χ2v) is 7.22. The van der Waals surface area contributed by atoms with Gasteiger partial charge in [-0.1, -0.05) is 19.8 Å². The molecule has 3 amide bonds. The van der Waals surface area contributed by atoms with Gasteiger partial charge in [0.25, 0.3) is 0 Å². The van der Waals surface area contributed by atoms with Gasteiger partial charge < -0.3 is 15.5 Å². The standard InChI is InChI=1S/C17H28N6O2/c1-13-3-2-4-14(9-13)20-16(24)12-22-5-7-23(8-6-22)17(25)21-15-10-18-19-11-15/h10-11,13-14H,2-9,12H2,1H3,(H,18,19)(H,20,24)(H,21,25)/t13-,14+/m1/s1. The fraction of sp³-hybridized carbons (Fsp3) is 0.706. The lowest BCUT2D eigenvalue weighted by Crippen LogP contribution is -2.52. The van der Waals surface area contributed by atoms with Gasteiger partial charge in [0.05, 0.1) is 18.4 Å². The van der Waals surface area contributed by atoms with E-state index in [0.29, 0.717) is 50.4 Å². The Kier molecular flexibility index (Phi) is 5.91. The van der Waals surface area contributed by atoms with Gasteiger partial charge in [0.1, 0.15) is 0 Å². The zero-order chi connectivity index (χ0) is 17.6. The Morgan fingerprint density at radius 1 is 1.28 bits per heavy atom. The van der Waals surface area contributed by atoms with Crippen molar-refractivity contribution in [1.82, 2.24) is 25.3 Å². The van der Waals surface area contributed by atoms with Gasteiger partial charge in [-0.2, -0.15) is 5.10 Å². The molecule has 1 saturated carbocycles. The van der Waals surface area contributed by atoms with Gasteiger partial charge >= 0.3 is 6.03 Å². The second-order valence-electron chi connectivity index (χ2n) is 7.22. The van der Waals surface area contributed by atoms with Crippen molar-refractivity contribution in [3.05, 3.63) is 12.4 Å². The second kappa shape index (κ2) is 8.33. The van der Waals surface area contributed by atoms with Crippen LogP contribution in [0.5, 0.6) is 0 Å². The number of hydrogen-bond acceptors (Lipinski definition) is 4. The molecule has 1 saturated heterocycles. The van der Waals surface area contributed by atoms with Gasteiger partial charge in [-0.25, -0.2) is 4.79 Å². The molecule has 138 valence electrons. The Bertz CT molecular complexity index is 568. The van der Waals surface area contributed by atoms with Gasteiger partial charge in [0, 0.05) is 38.4 Å². The van der Waals surface area contributed by atoms with Crippen LogP contribution in [0.4, 0.5) is 10.5 Å². The van der Waals surface area contributed by atoms with Crippen molar-refractivity contribution < 1.29 is 9.59 Å². The topological polar surface area (TPSA) is 93.4 Å². The average Bonchev–Trinajstić information content (AvgIpc) is 3.08. The lowest BCUT2D eigenvalue weighted by atomic mass is 9.87. The van der Waals surface area contributed by atoms with Crippen LogP contribution in [0.1, 0.15) is 32.6 Å². The minimum atomic E-state index is -0.123. The predicted molar refractivity (Wildman–Crippen MR) is 95.2 cm³/mol. The van der Waals surface area contributed by atoms with Crippen molar-refractivity contribution >= 4 is 17.6 Å². The molecule has 1 aromatic heterocycles. The largest absolute Gasteiger partial charge is 0.352 e. The fourth-order valence-corrected chi connectivity index (χ4v) is 3.67. The number of aromatic nitrogens is 2. The Morgan fingerprint density at radius 3 is 2.76 bits per heavy atom. The van der Waals surface area contributed by atoms with E-state index in [9.17, 15) is 9.59 Å². The maximum absolute atomic E-state index is 12.3. The number of hydrogen-bond donors (Lipinski definition) is 3. The van der Waals surface area contributed by atoms with Crippen LogP contribution >= 0.6 is 0 Å². The average molecular weight is 348 g/mol. The van der Waals surface area contributed by atoms with Crippen LogP contribution in [0, 0.1) is 5.92 Å². The zero-order valence-electron chi connectivity index (χ0n) is 14.8. The van der Waals surface area contributed by atoms with E-state index in [1.165, 1.54) is 12.8 Å². The molecule has 8 nitrogen and oxygen atoms in total. The van der Waals surface area contributed by atoms with E-state index < -0.39 is 0 Å². The van der Waals surface area contributed by atoms with E-state index in [-0.39, 0.29) is 11.9 Å². The summed E-state index contributed by atoms with van der Waals surface area (Å²) in [5, 5.41) is 12.5. The van der Waals surface area contributed by atoms with E-state index in [4.69, 9.17) is 0 Å². The first kappa shape index (κ1) is 17.7. The molecule has 2 heterocycles. The molecule has 1 aliphatic carbocycles. The van der Waals surface area contributed by atoms with Crippen LogP contribution in [-0.4, -0.2) is 70.7 Å². The Balaban J connectivity index is 1.37. The first-order valence-corrected chi connectivity index (χ1v) is 9.16. The third-order valence-corrected chi connectivity index (χ3v) is 5.08. The molecule has 8 heteroatoms. The van der Waals surface area contributed by atoms with Crippen LogP contribution < -0.4 is 10.6 Å². The molecular formula is C17H28N6O2. The summed E-state index contributed by atoms with van der Waals surface area (Å²) in [4.78, 5) is 28.3. The monoisotopic (exact) mass is 348 g/mol. The summed E-state index contributed by atoms with van der Waals surface area (Å²) in [6.07, 6.45) is 7.88. The normalized spacial score (nSPS) is 24.8. The highest BCUT2D eigenvalue weighted by Crippen LogP contribution is 2.23. The number of anilines is 1. The molecule has 0 unspecified atom stereocenters. The van der Waals surface area contributed by atoms with Crippen molar-refractivity contribution in [1.29, 1.82) is 0 Å². The first-order valence-electron chi connectivity index (χ1n) is 9.16. The number of urea groups is 1. The van der Waals surface area contributed by atoms with Crippen molar-refractivity contribution in [2.24, 2.45) is 5.92 Å². The molecular weight excluding hydrogens is 320 g/mol. The van der Waals surface area contributed by atoms with E-state index >= 15 is 0 Å². The highest BCUT2D eigenvalue weighted by Gasteiger charge is 2.24. The lowest BCUT2D eigenvalue weighted by Gasteiger charge is -2.34. The highest BCUT2D eigenvalue weighted by atomic mass is 16.2. The van der Waals surface area contributed by atoms with Crippen molar-refractivity contribution in [3.8, 4) is 0 Å². The number of carbonyl (C=O) groups is 2. The van der Waals surface area contributed by atoms with Crippen LogP contribution in [-0.2, 0) is 4.79 Å². The summed E-state index contributed by atoms with van der Waals surface area (Å²) in [5.41, 5.74) is 0.661. The van der Waals surface area contributed by atoms with Crippen molar-refractivity contribution in [2.45, 2.75) is 38.6 Å². The quantitative estimate of drug-likeness (QED) is 0.763. The maximum Gasteiger partial charge on any atom is 0.322 e. The van der Waals surface area contributed by atoms with Crippen LogP contribution in [0.15, 0.2) is 12.4 Å². The number of piperazine rings is 1. The number of carbonyl (C=O) groups excluding carboxylic acids is 2. The Labute approximate surface area is 148 Å². The molecule has 2 aliphatic rings. The zero-order valence-corrected chi connectivity index (χ0v) is 14.8. The van der Waals surface area contributed by atoms with Gasteiger partial charge in [-0.15, -0.1) is 0 Å². The Morgan fingerprint density at radius 2 is 2.08 bits per heavy atom. The molecule has 2 fully saturated rings.